The number of carbonyl (C=O) groups excluding carboxylic acids is 1. The van der Waals surface area contributed by atoms with Crippen LogP contribution >= 0.6 is 0 Å². The van der Waals surface area contributed by atoms with Gasteiger partial charge in [-0.2, -0.15) is 0 Å². The zero-order chi connectivity index (χ0) is 10.3. The fourth-order valence-corrected chi connectivity index (χ4v) is 1.46. The molecule has 0 aromatic carbocycles. The van der Waals surface area contributed by atoms with Crippen molar-refractivity contribution in [2.45, 2.75) is 45.1 Å². The number of hydrogen-bond donors (Lipinski definition) is 0. The molecule has 0 fully saturated rings. The lowest BCUT2D eigenvalue weighted by Gasteiger charge is -2.28. The van der Waals surface area contributed by atoms with E-state index in [1.165, 1.54) is 0 Å². The molecule has 0 rings (SSSR count). The van der Waals surface area contributed by atoms with Crippen molar-refractivity contribution in [2.75, 3.05) is 7.11 Å². The highest BCUT2D eigenvalue weighted by atomic mass is 16.5. The Kier molecular flexibility index (Phi) is 5.41. The second kappa shape index (κ2) is 5.77. The van der Waals surface area contributed by atoms with Crippen molar-refractivity contribution in [3.05, 3.63) is 0 Å². The molecular formula is C11H18O2. The lowest BCUT2D eigenvalue weighted by Crippen LogP contribution is -2.39. The van der Waals surface area contributed by atoms with Crippen molar-refractivity contribution in [3.8, 4) is 12.3 Å². The molecule has 0 aliphatic heterocycles. The monoisotopic (exact) mass is 182 g/mol. The Morgan fingerprint density at radius 2 is 2.00 bits per heavy atom. The van der Waals surface area contributed by atoms with E-state index in [9.17, 15) is 4.79 Å². The number of Topliss-reactive ketones (excluding diaryl/α,β-unsaturated/α-hetero) is 1. The zero-order valence-corrected chi connectivity index (χ0v) is 8.72. The summed E-state index contributed by atoms with van der Waals surface area (Å²) in [5, 5.41) is 0. The molecule has 2 heteroatoms. The highest BCUT2D eigenvalue weighted by molar-refractivity contribution is 5.87. The number of methoxy groups -OCH3 is 1. The van der Waals surface area contributed by atoms with Gasteiger partial charge >= 0.3 is 0 Å². The van der Waals surface area contributed by atoms with Crippen LogP contribution < -0.4 is 0 Å². The molecule has 0 saturated heterocycles. The lowest BCUT2D eigenvalue weighted by molar-refractivity contribution is -0.141. The van der Waals surface area contributed by atoms with Crippen LogP contribution in [0.5, 0.6) is 0 Å². The molecule has 0 amide bonds. The van der Waals surface area contributed by atoms with Crippen LogP contribution in [0.3, 0.4) is 0 Å². The summed E-state index contributed by atoms with van der Waals surface area (Å²) in [4.78, 5) is 11.7. The third-order valence-corrected chi connectivity index (χ3v) is 2.54. The molecule has 0 radical (unpaired) electrons. The Morgan fingerprint density at radius 1 is 1.46 bits per heavy atom. The van der Waals surface area contributed by atoms with Crippen molar-refractivity contribution >= 4 is 5.78 Å². The predicted molar refractivity (Wildman–Crippen MR) is 53.4 cm³/mol. The second-order valence-electron chi connectivity index (χ2n) is 3.03. The van der Waals surface area contributed by atoms with Crippen LogP contribution in [0, 0.1) is 12.3 Å². The first kappa shape index (κ1) is 12.2. The minimum absolute atomic E-state index is 0.123. The van der Waals surface area contributed by atoms with E-state index in [1.54, 1.807) is 7.11 Å². The molecule has 0 saturated carbocycles. The Labute approximate surface area is 80.7 Å². The van der Waals surface area contributed by atoms with Crippen LogP contribution in [-0.4, -0.2) is 18.5 Å². The Hall–Kier alpha value is -0.810. The fraction of sp³-hybridized carbons (Fsp3) is 0.727. The van der Waals surface area contributed by atoms with Gasteiger partial charge in [0.25, 0.3) is 0 Å². The summed E-state index contributed by atoms with van der Waals surface area (Å²) in [5.41, 5.74) is -0.600. The number of rotatable bonds is 6. The molecule has 0 bridgehead atoms. The molecule has 0 heterocycles. The number of terminal acetylenes is 1. The number of carbonyl (C=O) groups is 1. The molecule has 0 unspecified atom stereocenters. The van der Waals surface area contributed by atoms with E-state index in [4.69, 9.17) is 11.2 Å². The van der Waals surface area contributed by atoms with Crippen LogP contribution in [0.25, 0.3) is 0 Å². The van der Waals surface area contributed by atoms with Gasteiger partial charge < -0.3 is 4.74 Å². The van der Waals surface area contributed by atoms with E-state index in [0.29, 0.717) is 25.7 Å². The van der Waals surface area contributed by atoms with Gasteiger partial charge in [0.1, 0.15) is 5.60 Å². The van der Waals surface area contributed by atoms with Crippen molar-refractivity contribution in [3.63, 3.8) is 0 Å². The summed E-state index contributed by atoms with van der Waals surface area (Å²) >= 11 is 0. The first-order chi connectivity index (χ1) is 6.16. The minimum atomic E-state index is -0.600. The molecular weight excluding hydrogens is 164 g/mol. The number of ketones is 1. The zero-order valence-electron chi connectivity index (χ0n) is 8.72. The van der Waals surface area contributed by atoms with Crippen molar-refractivity contribution in [2.24, 2.45) is 0 Å². The van der Waals surface area contributed by atoms with Gasteiger partial charge in [-0.25, -0.2) is 0 Å². The van der Waals surface area contributed by atoms with Gasteiger partial charge in [-0.15, -0.1) is 12.3 Å². The van der Waals surface area contributed by atoms with Gasteiger partial charge in [0.15, 0.2) is 5.78 Å². The average Bonchev–Trinajstić information content (AvgIpc) is 2.18. The van der Waals surface area contributed by atoms with Crippen LogP contribution in [0.15, 0.2) is 0 Å². The van der Waals surface area contributed by atoms with Gasteiger partial charge in [0.2, 0.25) is 0 Å². The summed E-state index contributed by atoms with van der Waals surface area (Å²) < 4.78 is 5.28. The molecule has 0 N–H and O–H groups in total. The molecule has 0 aromatic heterocycles. The van der Waals surface area contributed by atoms with Gasteiger partial charge in [0.05, 0.1) is 0 Å². The van der Waals surface area contributed by atoms with Crippen molar-refractivity contribution in [1.82, 2.24) is 0 Å². The quantitative estimate of drug-likeness (QED) is 0.588. The molecule has 0 atom stereocenters. The molecule has 74 valence electrons. The smallest absolute Gasteiger partial charge is 0.165 e. The Morgan fingerprint density at radius 3 is 2.31 bits per heavy atom. The third-order valence-electron chi connectivity index (χ3n) is 2.54. The summed E-state index contributed by atoms with van der Waals surface area (Å²) in [6.45, 7) is 3.92. The minimum Gasteiger partial charge on any atom is -0.370 e. The van der Waals surface area contributed by atoms with Gasteiger partial charge in [-0.1, -0.05) is 13.8 Å². The molecule has 13 heavy (non-hydrogen) atoms. The molecule has 0 spiro atoms. The normalized spacial score (nSPS) is 10.9. The largest absolute Gasteiger partial charge is 0.370 e. The van der Waals surface area contributed by atoms with Crippen LogP contribution in [0.2, 0.25) is 0 Å². The van der Waals surface area contributed by atoms with Crippen LogP contribution in [0.1, 0.15) is 39.5 Å². The first-order valence-corrected chi connectivity index (χ1v) is 4.68. The highest BCUT2D eigenvalue weighted by Crippen LogP contribution is 2.22. The SMILES string of the molecule is C#CCCC(=O)C(CC)(CC)OC. The standard InChI is InChI=1S/C11H18O2/c1-5-8-9-10(12)11(6-2,7-3)13-4/h1H,6-9H2,2-4H3. The van der Waals surface area contributed by atoms with Crippen LogP contribution in [-0.2, 0) is 9.53 Å². The first-order valence-electron chi connectivity index (χ1n) is 4.68. The maximum Gasteiger partial charge on any atom is 0.165 e. The second-order valence-corrected chi connectivity index (χ2v) is 3.03. The van der Waals surface area contributed by atoms with Gasteiger partial charge in [-0.05, 0) is 12.8 Å². The topological polar surface area (TPSA) is 26.3 Å². The Bertz CT molecular complexity index is 188. The summed E-state index contributed by atoms with van der Waals surface area (Å²) in [6, 6.07) is 0. The molecule has 0 aliphatic rings. The fourth-order valence-electron chi connectivity index (χ4n) is 1.46. The summed E-state index contributed by atoms with van der Waals surface area (Å²) in [7, 11) is 1.58. The van der Waals surface area contributed by atoms with E-state index < -0.39 is 5.60 Å². The highest BCUT2D eigenvalue weighted by Gasteiger charge is 2.33. The molecule has 0 aliphatic carbocycles. The maximum atomic E-state index is 11.7. The molecule has 2 nitrogen and oxygen atoms in total. The maximum absolute atomic E-state index is 11.7. The van der Waals surface area contributed by atoms with E-state index in [-0.39, 0.29) is 5.78 Å². The van der Waals surface area contributed by atoms with E-state index in [2.05, 4.69) is 5.92 Å². The summed E-state index contributed by atoms with van der Waals surface area (Å²) in [6.07, 6.45) is 7.45. The van der Waals surface area contributed by atoms with Crippen molar-refractivity contribution in [1.29, 1.82) is 0 Å². The van der Waals surface area contributed by atoms with Gasteiger partial charge in [-0.3, -0.25) is 4.79 Å². The van der Waals surface area contributed by atoms with E-state index in [0.717, 1.165) is 0 Å². The van der Waals surface area contributed by atoms with Crippen molar-refractivity contribution < 1.29 is 9.53 Å². The number of hydrogen-bond acceptors (Lipinski definition) is 2. The number of ether oxygens (including phenoxy) is 1. The van der Waals surface area contributed by atoms with Crippen LogP contribution in [0.4, 0.5) is 0 Å². The van der Waals surface area contributed by atoms with E-state index in [1.807, 2.05) is 13.8 Å². The van der Waals surface area contributed by atoms with Gasteiger partial charge in [0, 0.05) is 20.0 Å². The predicted octanol–water partition coefficient (Wildman–Crippen LogP) is 2.17. The van der Waals surface area contributed by atoms with E-state index >= 15 is 0 Å². The lowest BCUT2D eigenvalue weighted by atomic mass is 9.89. The third kappa shape index (κ3) is 2.86. The molecule has 0 aromatic rings. The Balaban J connectivity index is 4.37. The summed E-state index contributed by atoms with van der Waals surface area (Å²) in [5.74, 6) is 2.59. The average molecular weight is 182 g/mol.